The van der Waals surface area contributed by atoms with Gasteiger partial charge in [0.1, 0.15) is 5.75 Å². The maximum absolute atomic E-state index is 12.8. The molecule has 0 saturated heterocycles. The molecule has 1 aliphatic rings. The largest absolute Gasteiger partial charge is 0.497 e. The van der Waals surface area contributed by atoms with E-state index in [1.807, 2.05) is 31.2 Å². The second kappa shape index (κ2) is 10.5. The number of nitrogens with zero attached hydrogens (tertiary/aromatic N) is 1. The molecule has 0 saturated carbocycles. The SMILES string of the molecule is CCOC(=S)SN(Cc1ccc(OC)cc1)C(=O)CC1C=CCCC1. The molecule has 136 valence electrons. The number of carbonyl (C=O) groups excluding carboxylic acids is 1. The number of ether oxygens (including phenoxy) is 2. The summed E-state index contributed by atoms with van der Waals surface area (Å²) < 4.78 is 12.6. The van der Waals surface area contributed by atoms with Crippen molar-refractivity contribution in [3.8, 4) is 5.75 Å². The topological polar surface area (TPSA) is 38.8 Å². The van der Waals surface area contributed by atoms with Gasteiger partial charge in [0.2, 0.25) is 10.3 Å². The molecule has 0 spiro atoms. The van der Waals surface area contributed by atoms with Crippen molar-refractivity contribution in [1.29, 1.82) is 0 Å². The van der Waals surface area contributed by atoms with Gasteiger partial charge in [-0.3, -0.25) is 9.10 Å². The van der Waals surface area contributed by atoms with Gasteiger partial charge in [-0.15, -0.1) is 0 Å². The Kier molecular flexibility index (Phi) is 8.28. The zero-order valence-electron chi connectivity index (χ0n) is 14.8. The van der Waals surface area contributed by atoms with Crippen molar-refractivity contribution in [2.24, 2.45) is 5.92 Å². The van der Waals surface area contributed by atoms with Crippen LogP contribution in [0, 0.1) is 5.92 Å². The van der Waals surface area contributed by atoms with E-state index in [-0.39, 0.29) is 5.91 Å². The van der Waals surface area contributed by atoms with Gasteiger partial charge in [0.15, 0.2) is 0 Å². The minimum absolute atomic E-state index is 0.0828. The summed E-state index contributed by atoms with van der Waals surface area (Å²) in [5.74, 6) is 1.20. The van der Waals surface area contributed by atoms with Crippen molar-refractivity contribution in [3.05, 3.63) is 42.0 Å². The van der Waals surface area contributed by atoms with Gasteiger partial charge in [0, 0.05) is 18.4 Å². The van der Waals surface area contributed by atoms with Crippen LogP contribution in [0.5, 0.6) is 5.75 Å². The summed E-state index contributed by atoms with van der Waals surface area (Å²) in [6.07, 6.45) is 8.18. The fraction of sp³-hybridized carbons (Fsp3) is 0.474. The second-order valence-corrected chi connectivity index (χ2v) is 7.50. The van der Waals surface area contributed by atoms with E-state index in [2.05, 4.69) is 12.2 Å². The summed E-state index contributed by atoms with van der Waals surface area (Å²) in [5.41, 5.74) is 1.03. The highest BCUT2D eigenvalue weighted by atomic mass is 32.2. The molecule has 0 bridgehead atoms. The average molecular weight is 380 g/mol. The van der Waals surface area contributed by atoms with Crippen LogP contribution in [0.1, 0.15) is 38.2 Å². The maximum atomic E-state index is 12.8. The molecule has 1 aliphatic carbocycles. The van der Waals surface area contributed by atoms with E-state index in [0.717, 1.165) is 30.6 Å². The standard InChI is InChI=1S/C19H25NO3S2/c1-3-23-19(24)25-20(14-16-9-11-17(22-2)12-10-16)18(21)13-15-7-5-4-6-8-15/h5,7,9-12,15H,3-4,6,8,13-14H2,1-2H3. The van der Waals surface area contributed by atoms with Crippen LogP contribution in [0.2, 0.25) is 0 Å². The van der Waals surface area contributed by atoms with Crippen molar-refractivity contribution in [3.63, 3.8) is 0 Å². The molecular formula is C19H25NO3S2. The van der Waals surface area contributed by atoms with E-state index in [1.165, 1.54) is 11.9 Å². The molecule has 4 nitrogen and oxygen atoms in total. The average Bonchev–Trinajstić information content (AvgIpc) is 2.63. The summed E-state index contributed by atoms with van der Waals surface area (Å²) in [6.45, 7) is 2.87. The van der Waals surface area contributed by atoms with Crippen LogP contribution in [0.15, 0.2) is 36.4 Å². The van der Waals surface area contributed by atoms with Crippen molar-refractivity contribution in [1.82, 2.24) is 4.31 Å². The highest BCUT2D eigenvalue weighted by Crippen LogP contribution is 2.25. The zero-order valence-corrected chi connectivity index (χ0v) is 16.4. The lowest BCUT2D eigenvalue weighted by atomic mass is 9.93. The van der Waals surface area contributed by atoms with Gasteiger partial charge in [0.25, 0.3) is 0 Å². The maximum Gasteiger partial charge on any atom is 0.241 e. The molecule has 1 aromatic carbocycles. The molecule has 0 heterocycles. The Bertz CT molecular complexity index is 601. The summed E-state index contributed by atoms with van der Waals surface area (Å²) in [7, 11) is 1.64. The van der Waals surface area contributed by atoms with E-state index >= 15 is 0 Å². The van der Waals surface area contributed by atoms with Crippen molar-refractivity contribution in [2.45, 2.75) is 39.2 Å². The lowest BCUT2D eigenvalue weighted by Gasteiger charge is -2.24. The Hall–Kier alpha value is -1.53. The third kappa shape index (κ3) is 6.71. The monoisotopic (exact) mass is 379 g/mol. The van der Waals surface area contributed by atoms with Crippen LogP contribution >= 0.6 is 24.2 Å². The number of hydrogen-bond donors (Lipinski definition) is 0. The fourth-order valence-corrected chi connectivity index (χ4v) is 3.81. The molecule has 0 aromatic heterocycles. The summed E-state index contributed by atoms with van der Waals surface area (Å²) in [6, 6.07) is 7.72. The Morgan fingerprint density at radius 2 is 2.12 bits per heavy atom. The molecule has 0 fully saturated rings. The smallest absolute Gasteiger partial charge is 0.241 e. The van der Waals surface area contributed by atoms with Gasteiger partial charge in [-0.1, -0.05) is 24.3 Å². The van der Waals surface area contributed by atoms with Gasteiger partial charge in [-0.2, -0.15) is 0 Å². The van der Waals surface area contributed by atoms with Gasteiger partial charge in [-0.05, 0) is 62.0 Å². The number of benzene rings is 1. The van der Waals surface area contributed by atoms with Crippen LogP contribution in [0.25, 0.3) is 0 Å². The summed E-state index contributed by atoms with van der Waals surface area (Å²) in [4.78, 5) is 12.8. The number of amides is 1. The van der Waals surface area contributed by atoms with Crippen LogP contribution in [-0.4, -0.2) is 28.3 Å². The highest BCUT2D eigenvalue weighted by Gasteiger charge is 2.21. The van der Waals surface area contributed by atoms with Crippen LogP contribution in [0.4, 0.5) is 0 Å². The third-order valence-electron chi connectivity index (χ3n) is 4.00. The first-order valence-corrected chi connectivity index (χ1v) is 9.75. The lowest BCUT2D eigenvalue weighted by Crippen LogP contribution is -2.27. The van der Waals surface area contributed by atoms with Crippen molar-refractivity contribution < 1.29 is 14.3 Å². The van der Waals surface area contributed by atoms with Gasteiger partial charge in [0.05, 0.1) is 20.3 Å². The number of methoxy groups -OCH3 is 1. The van der Waals surface area contributed by atoms with E-state index < -0.39 is 0 Å². The third-order valence-corrected chi connectivity index (χ3v) is 5.16. The lowest BCUT2D eigenvalue weighted by molar-refractivity contribution is -0.127. The summed E-state index contributed by atoms with van der Waals surface area (Å²) >= 11 is 6.43. The van der Waals surface area contributed by atoms with Crippen LogP contribution in [-0.2, 0) is 16.1 Å². The second-order valence-electron chi connectivity index (χ2n) is 5.88. The minimum Gasteiger partial charge on any atom is -0.497 e. The number of thiocarbonyl (C=S) groups is 1. The predicted octanol–water partition coefficient (Wildman–Crippen LogP) is 4.74. The van der Waals surface area contributed by atoms with E-state index in [4.69, 9.17) is 21.7 Å². The summed E-state index contributed by atoms with van der Waals surface area (Å²) in [5, 5.41) is 0. The number of carbonyl (C=O) groups is 1. The predicted molar refractivity (Wildman–Crippen MR) is 106 cm³/mol. The zero-order chi connectivity index (χ0) is 18.1. The van der Waals surface area contributed by atoms with E-state index in [9.17, 15) is 4.79 Å². The Labute approximate surface area is 159 Å². The Balaban J connectivity index is 2.04. The molecule has 1 atom stereocenters. The molecule has 1 unspecified atom stereocenters. The van der Waals surface area contributed by atoms with Crippen molar-refractivity contribution >= 4 is 34.5 Å². The van der Waals surface area contributed by atoms with E-state index in [1.54, 1.807) is 11.4 Å². The first kappa shape index (κ1) is 19.8. The molecule has 2 rings (SSSR count). The molecule has 1 aromatic rings. The first-order valence-electron chi connectivity index (χ1n) is 8.57. The van der Waals surface area contributed by atoms with Gasteiger partial charge in [-0.25, -0.2) is 0 Å². The molecule has 0 N–H and O–H groups in total. The normalized spacial score (nSPS) is 16.3. The minimum atomic E-state index is 0.0828. The molecule has 1 amide bonds. The fourth-order valence-electron chi connectivity index (χ4n) is 2.68. The number of allylic oxidation sites excluding steroid dienone is 2. The Morgan fingerprint density at radius 3 is 2.72 bits per heavy atom. The highest BCUT2D eigenvalue weighted by molar-refractivity contribution is 8.21. The van der Waals surface area contributed by atoms with E-state index in [0.29, 0.717) is 29.9 Å². The molecule has 0 radical (unpaired) electrons. The molecule has 6 heteroatoms. The number of rotatable bonds is 6. The molecule has 0 aliphatic heterocycles. The quantitative estimate of drug-likeness (QED) is 0.405. The van der Waals surface area contributed by atoms with Gasteiger partial charge < -0.3 is 9.47 Å². The first-order chi connectivity index (χ1) is 12.1. The molecule has 25 heavy (non-hydrogen) atoms. The van der Waals surface area contributed by atoms with Crippen LogP contribution < -0.4 is 4.74 Å². The number of hydrogen-bond acceptors (Lipinski definition) is 5. The van der Waals surface area contributed by atoms with Gasteiger partial charge >= 0.3 is 0 Å². The molecular weight excluding hydrogens is 354 g/mol. The Morgan fingerprint density at radius 1 is 1.36 bits per heavy atom. The van der Waals surface area contributed by atoms with Crippen molar-refractivity contribution in [2.75, 3.05) is 13.7 Å². The van der Waals surface area contributed by atoms with Crippen LogP contribution in [0.3, 0.4) is 0 Å².